The fourth-order valence-electron chi connectivity index (χ4n) is 2.51. The summed E-state index contributed by atoms with van der Waals surface area (Å²) in [7, 11) is 0. The zero-order chi connectivity index (χ0) is 17.4. The van der Waals surface area contributed by atoms with Crippen LogP contribution >= 0.6 is 22.7 Å². The van der Waals surface area contributed by atoms with Crippen molar-refractivity contribution in [3.8, 4) is 22.0 Å². The number of carbonyl (C=O) groups is 1. The SMILES string of the molecule is Cc1csc(-c2nc(CNC(N)=O)[nH]c2-c2ccc3ncsc3c2)n1. The summed E-state index contributed by atoms with van der Waals surface area (Å²) < 4.78 is 1.10. The topological polar surface area (TPSA) is 110 Å². The molecule has 2 amide bonds. The van der Waals surface area contributed by atoms with Crippen molar-refractivity contribution in [1.82, 2.24) is 25.3 Å². The molecule has 3 aromatic heterocycles. The number of rotatable bonds is 4. The Kier molecular flexibility index (Phi) is 3.94. The monoisotopic (exact) mass is 370 g/mol. The van der Waals surface area contributed by atoms with Crippen LogP contribution in [0.15, 0.2) is 29.1 Å². The van der Waals surface area contributed by atoms with Crippen molar-refractivity contribution >= 4 is 38.9 Å². The molecule has 0 atom stereocenters. The number of amides is 2. The van der Waals surface area contributed by atoms with Gasteiger partial charge in [0.1, 0.15) is 16.5 Å². The van der Waals surface area contributed by atoms with Crippen LogP contribution in [0.25, 0.3) is 32.2 Å². The van der Waals surface area contributed by atoms with Gasteiger partial charge in [0.25, 0.3) is 0 Å². The summed E-state index contributed by atoms with van der Waals surface area (Å²) in [5.41, 5.74) is 11.5. The van der Waals surface area contributed by atoms with E-state index in [4.69, 9.17) is 5.73 Å². The molecule has 0 radical (unpaired) electrons. The summed E-state index contributed by atoms with van der Waals surface area (Å²) >= 11 is 3.13. The number of hydrogen-bond donors (Lipinski definition) is 3. The summed E-state index contributed by atoms with van der Waals surface area (Å²) in [5, 5.41) is 5.38. The van der Waals surface area contributed by atoms with Gasteiger partial charge in [0.2, 0.25) is 0 Å². The summed E-state index contributed by atoms with van der Waals surface area (Å²) in [6.07, 6.45) is 0. The number of aryl methyl sites for hydroxylation is 1. The third-order valence-electron chi connectivity index (χ3n) is 3.62. The predicted octanol–water partition coefficient (Wildman–Crippen LogP) is 3.29. The highest BCUT2D eigenvalue weighted by atomic mass is 32.1. The highest BCUT2D eigenvalue weighted by Crippen LogP contribution is 2.34. The average molecular weight is 370 g/mol. The van der Waals surface area contributed by atoms with Crippen molar-refractivity contribution in [2.75, 3.05) is 0 Å². The maximum absolute atomic E-state index is 11.0. The smallest absolute Gasteiger partial charge is 0.312 e. The number of aromatic amines is 1. The van der Waals surface area contributed by atoms with Crippen LogP contribution in [-0.4, -0.2) is 26.0 Å². The first-order chi connectivity index (χ1) is 12.1. The Morgan fingerprint density at radius 1 is 1.32 bits per heavy atom. The lowest BCUT2D eigenvalue weighted by Crippen LogP contribution is -2.29. The van der Waals surface area contributed by atoms with Gasteiger partial charge in [-0.25, -0.2) is 19.7 Å². The van der Waals surface area contributed by atoms with Crippen LogP contribution in [0, 0.1) is 6.92 Å². The normalized spacial score (nSPS) is 11.1. The molecule has 9 heteroatoms. The van der Waals surface area contributed by atoms with Gasteiger partial charge in [0.05, 0.1) is 28.0 Å². The number of fused-ring (bicyclic) bond motifs is 1. The fraction of sp³-hybridized carbons (Fsp3) is 0.125. The minimum absolute atomic E-state index is 0.232. The number of primary amides is 1. The Morgan fingerprint density at radius 2 is 2.20 bits per heavy atom. The first kappa shape index (κ1) is 15.7. The van der Waals surface area contributed by atoms with Crippen molar-refractivity contribution in [3.05, 3.63) is 40.6 Å². The molecule has 1 aromatic carbocycles. The van der Waals surface area contributed by atoms with E-state index in [1.165, 1.54) is 11.3 Å². The molecule has 126 valence electrons. The molecule has 7 nitrogen and oxygen atoms in total. The molecule has 0 bridgehead atoms. The van der Waals surface area contributed by atoms with Crippen molar-refractivity contribution in [3.63, 3.8) is 0 Å². The number of nitrogens with two attached hydrogens (primary N) is 1. The van der Waals surface area contributed by atoms with Crippen LogP contribution in [0.1, 0.15) is 11.5 Å². The Balaban J connectivity index is 1.82. The maximum atomic E-state index is 11.0. The van der Waals surface area contributed by atoms with E-state index >= 15 is 0 Å². The van der Waals surface area contributed by atoms with Gasteiger partial charge in [-0.15, -0.1) is 22.7 Å². The van der Waals surface area contributed by atoms with E-state index in [-0.39, 0.29) is 6.54 Å². The van der Waals surface area contributed by atoms with Crippen molar-refractivity contribution < 1.29 is 4.79 Å². The van der Waals surface area contributed by atoms with E-state index in [1.807, 2.05) is 29.9 Å². The van der Waals surface area contributed by atoms with E-state index in [2.05, 4.69) is 31.3 Å². The summed E-state index contributed by atoms with van der Waals surface area (Å²) in [4.78, 5) is 27.7. The van der Waals surface area contributed by atoms with Gasteiger partial charge >= 0.3 is 6.03 Å². The van der Waals surface area contributed by atoms with Gasteiger partial charge in [-0.05, 0) is 19.1 Å². The van der Waals surface area contributed by atoms with E-state index < -0.39 is 6.03 Å². The molecule has 25 heavy (non-hydrogen) atoms. The minimum Gasteiger partial charge on any atom is -0.352 e. The van der Waals surface area contributed by atoms with Crippen LogP contribution in [0.4, 0.5) is 4.79 Å². The average Bonchev–Trinajstić information content (AvgIpc) is 3.30. The molecule has 4 N–H and O–H groups in total. The second-order valence-corrected chi connectivity index (χ2v) is 7.20. The molecule has 0 aliphatic carbocycles. The second-order valence-electron chi connectivity index (χ2n) is 5.45. The maximum Gasteiger partial charge on any atom is 0.312 e. The van der Waals surface area contributed by atoms with E-state index in [0.717, 1.165) is 37.9 Å². The lowest BCUT2D eigenvalue weighted by Gasteiger charge is -2.01. The van der Waals surface area contributed by atoms with Gasteiger partial charge in [0, 0.05) is 16.6 Å². The first-order valence-corrected chi connectivity index (χ1v) is 9.24. The molecule has 0 aliphatic heterocycles. The largest absolute Gasteiger partial charge is 0.352 e. The van der Waals surface area contributed by atoms with Gasteiger partial charge in [-0.2, -0.15) is 0 Å². The van der Waals surface area contributed by atoms with Crippen LogP contribution < -0.4 is 11.1 Å². The Bertz CT molecular complexity index is 1060. The number of aromatic nitrogens is 4. The number of nitrogens with zero attached hydrogens (tertiary/aromatic N) is 3. The number of hydrogen-bond acceptors (Lipinski definition) is 6. The van der Waals surface area contributed by atoms with Crippen LogP contribution in [-0.2, 0) is 6.54 Å². The van der Waals surface area contributed by atoms with Crippen molar-refractivity contribution in [2.45, 2.75) is 13.5 Å². The molecule has 4 rings (SSSR count). The Labute approximate surface area is 151 Å². The van der Waals surface area contributed by atoms with E-state index in [0.29, 0.717) is 5.82 Å². The summed E-state index contributed by atoms with van der Waals surface area (Å²) in [6, 6.07) is 5.48. The number of imidazole rings is 1. The number of carbonyl (C=O) groups excluding carboxylic acids is 1. The number of urea groups is 1. The predicted molar refractivity (Wildman–Crippen MR) is 99.5 cm³/mol. The third-order valence-corrected chi connectivity index (χ3v) is 5.38. The molecule has 0 saturated heterocycles. The standard InChI is InChI=1S/C16H14N6OS2/c1-8-6-24-15(20-8)14-13(21-12(22-14)5-18-16(17)23)9-2-3-10-11(4-9)25-7-19-10/h2-4,6-7H,5H2,1H3,(H,21,22)(H3,17,18,23). The first-order valence-electron chi connectivity index (χ1n) is 7.48. The molecule has 4 aromatic rings. The molecule has 0 saturated carbocycles. The lowest BCUT2D eigenvalue weighted by molar-refractivity contribution is 0.248. The zero-order valence-electron chi connectivity index (χ0n) is 13.2. The van der Waals surface area contributed by atoms with Crippen LogP contribution in [0.5, 0.6) is 0 Å². The third kappa shape index (κ3) is 3.11. The zero-order valence-corrected chi connectivity index (χ0v) is 14.9. The van der Waals surface area contributed by atoms with E-state index in [9.17, 15) is 4.79 Å². The summed E-state index contributed by atoms with van der Waals surface area (Å²) in [6.45, 7) is 2.18. The van der Waals surface area contributed by atoms with Crippen LogP contribution in [0.3, 0.4) is 0 Å². The van der Waals surface area contributed by atoms with Gasteiger partial charge < -0.3 is 16.0 Å². The van der Waals surface area contributed by atoms with Crippen molar-refractivity contribution in [2.24, 2.45) is 5.73 Å². The van der Waals surface area contributed by atoms with Crippen LogP contribution in [0.2, 0.25) is 0 Å². The Morgan fingerprint density at radius 3 is 2.96 bits per heavy atom. The van der Waals surface area contributed by atoms with Gasteiger partial charge in [-0.3, -0.25) is 0 Å². The second kappa shape index (κ2) is 6.26. The Hall–Kier alpha value is -2.78. The molecule has 0 unspecified atom stereocenters. The molecular weight excluding hydrogens is 356 g/mol. The molecule has 0 fully saturated rings. The molecule has 0 aliphatic rings. The summed E-state index contributed by atoms with van der Waals surface area (Å²) in [5.74, 6) is 0.626. The fourth-order valence-corrected chi connectivity index (χ4v) is 4.02. The number of benzene rings is 1. The highest BCUT2D eigenvalue weighted by molar-refractivity contribution is 7.16. The highest BCUT2D eigenvalue weighted by Gasteiger charge is 2.17. The van der Waals surface area contributed by atoms with Gasteiger partial charge in [0.15, 0.2) is 0 Å². The number of nitrogens with one attached hydrogen (secondary N) is 2. The molecule has 0 spiro atoms. The molecular formula is C16H14N6OS2. The number of thiazole rings is 2. The quantitative estimate of drug-likeness (QED) is 0.512. The van der Waals surface area contributed by atoms with Gasteiger partial charge in [-0.1, -0.05) is 6.07 Å². The van der Waals surface area contributed by atoms with Crippen molar-refractivity contribution in [1.29, 1.82) is 0 Å². The molecule has 3 heterocycles. The minimum atomic E-state index is -0.587. The lowest BCUT2D eigenvalue weighted by atomic mass is 10.1. The van der Waals surface area contributed by atoms with E-state index in [1.54, 1.807) is 11.3 Å². The number of H-pyrrole nitrogens is 1.